The summed E-state index contributed by atoms with van der Waals surface area (Å²) in [5.41, 5.74) is 10.7. The van der Waals surface area contributed by atoms with Crippen LogP contribution in [0, 0.1) is 11.8 Å². The van der Waals surface area contributed by atoms with Crippen LogP contribution in [0.25, 0.3) is 0 Å². The summed E-state index contributed by atoms with van der Waals surface area (Å²) >= 11 is 0. The van der Waals surface area contributed by atoms with Crippen LogP contribution in [0.15, 0.2) is 0 Å². The van der Waals surface area contributed by atoms with Crippen molar-refractivity contribution in [1.29, 1.82) is 0 Å². The van der Waals surface area contributed by atoms with E-state index < -0.39 is 11.9 Å². The standard InChI is InChI=1S/2C5H9NO2.2ClH/c2*6-4-1-3(2-4)5(7)8;;/h2*3-4H,1-2,6H2,(H,7,8);2*1H. The number of carboxylic acid groups (broad SMARTS) is 2. The molecule has 0 amide bonds. The lowest BCUT2D eigenvalue weighted by Gasteiger charge is -2.28. The van der Waals surface area contributed by atoms with Crippen LogP contribution >= 0.6 is 24.8 Å². The smallest absolute Gasteiger partial charge is 0.306 e. The zero-order valence-electron chi connectivity index (χ0n) is 9.82. The van der Waals surface area contributed by atoms with Crippen molar-refractivity contribution in [3.05, 3.63) is 0 Å². The molecule has 2 aliphatic rings. The molecule has 0 unspecified atom stereocenters. The summed E-state index contributed by atoms with van der Waals surface area (Å²) in [6, 6.07) is 0.298. The highest BCUT2D eigenvalue weighted by atomic mass is 35.5. The molecule has 2 aliphatic carbocycles. The van der Waals surface area contributed by atoms with E-state index in [4.69, 9.17) is 21.7 Å². The second kappa shape index (κ2) is 8.53. The molecule has 0 aromatic carbocycles. The van der Waals surface area contributed by atoms with Gasteiger partial charge in [0, 0.05) is 12.1 Å². The minimum absolute atomic E-state index is 0. The number of aliphatic carboxylic acids is 2. The molecule has 0 aromatic heterocycles. The third-order valence-electron chi connectivity index (χ3n) is 3.05. The molecule has 2 rings (SSSR count). The maximum absolute atomic E-state index is 10.1. The molecular weight excluding hydrogens is 283 g/mol. The van der Waals surface area contributed by atoms with Gasteiger partial charge in [0.05, 0.1) is 11.8 Å². The molecule has 0 saturated heterocycles. The number of nitrogens with two attached hydrogens (primary N) is 2. The third-order valence-corrected chi connectivity index (χ3v) is 3.05. The molecule has 0 aliphatic heterocycles. The molecule has 0 bridgehead atoms. The molecule has 0 radical (unpaired) electrons. The van der Waals surface area contributed by atoms with Crippen molar-refractivity contribution in [3.8, 4) is 0 Å². The van der Waals surface area contributed by atoms with Crippen LogP contribution in [0.5, 0.6) is 0 Å². The van der Waals surface area contributed by atoms with Crippen molar-refractivity contribution < 1.29 is 19.8 Å². The zero-order chi connectivity index (χ0) is 12.3. The van der Waals surface area contributed by atoms with Gasteiger partial charge < -0.3 is 21.7 Å². The van der Waals surface area contributed by atoms with Gasteiger partial charge in [-0.1, -0.05) is 0 Å². The molecule has 0 atom stereocenters. The van der Waals surface area contributed by atoms with E-state index in [9.17, 15) is 9.59 Å². The lowest BCUT2D eigenvalue weighted by molar-refractivity contribution is -0.145. The minimum Gasteiger partial charge on any atom is -0.481 e. The molecule has 6 nitrogen and oxygen atoms in total. The van der Waals surface area contributed by atoms with Crippen LogP contribution in [-0.4, -0.2) is 34.2 Å². The zero-order valence-corrected chi connectivity index (χ0v) is 11.5. The van der Waals surface area contributed by atoms with E-state index in [1.807, 2.05) is 0 Å². The fourth-order valence-corrected chi connectivity index (χ4v) is 1.73. The van der Waals surface area contributed by atoms with E-state index in [2.05, 4.69) is 0 Å². The van der Waals surface area contributed by atoms with E-state index in [1.54, 1.807) is 0 Å². The lowest BCUT2D eigenvalue weighted by atomic mass is 9.81. The number of carbonyl (C=O) groups is 2. The van der Waals surface area contributed by atoms with Crippen LogP contribution in [0.2, 0.25) is 0 Å². The Kier molecular flexibility index (Phi) is 9.37. The van der Waals surface area contributed by atoms with Crippen LogP contribution < -0.4 is 11.5 Å². The third kappa shape index (κ3) is 5.86. The van der Waals surface area contributed by atoms with Crippen LogP contribution in [-0.2, 0) is 9.59 Å². The molecular formula is C10H20Cl2N2O4. The number of carboxylic acids is 2. The van der Waals surface area contributed by atoms with Crippen molar-refractivity contribution in [1.82, 2.24) is 0 Å². The summed E-state index contributed by atoms with van der Waals surface area (Å²) in [5.74, 6) is -1.70. The number of rotatable bonds is 2. The van der Waals surface area contributed by atoms with Gasteiger partial charge in [0.25, 0.3) is 0 Å². The average molecular weight is 303 g/mol. The average Bonchev–Trinajstić information content (AvgIpc) is 2.08. The van der Waals surface area contributed by atoms with Crippen molar-refractivity contribution >= 4 is 36.8 Å². The first-order chi connectivity index (χ1) is 7.40. The Bertz CT molecular complexity index is 251. The molecule has 0 aromatic rings. The van der Waals surface area contributed by atoms with Gasteiger partial charge in [-0.15, -0.1) is 24.8 Å². The van der Waals surface area contributed by atoms with Gasteiger partial charge in [0.15, 0.2) is 0 Å². The van der Waals surface area contributed by atoms with E-state index in [1.165, 1.54) is 0 Å². The summed E-state index contributed by atoms with van der Waals surface area (Å²) in [7, 11) is 0. The molecule has 18 heavy (non-hydrogen) atoms. The molecule has 2 fully saturated rings. The summed E-state index contributed by atoms with van der Waals surface area (Å²) in [6.07, 6.45) is 2.65. The van der Waals surface area contributed by atoms with Crippen LogP contribution in [0.4, 0.5) is 0 Å². The molecule has 0 heterocycles. The summed E-state index contributed by atoms with van der Waals surface area (Å²) in [6.45, 7) is 0. The van der Waals surface area contributed by atoms with Gasteiger partial charge >= 0.3 is 11.9 Å². The fraction of sp³-hybridized carbons (Fsp3) is 0.800. The second-order valence-electron chi connectivity index (χ2n) is 4.53. The monoisotopic (exact) mass is 302 g/mol. The SMILES string of the molecule is Cl.Cl.NC1CC(C(=O)O)C1.NC1CC(C(=O)O)C1. The maximum atomic E-state index is 10.1. The number of halogens is 2. The number of hydrogen-bond donors (Lipinski definition) is 4. The van der Waals surface area contributed by atoms with E-state index in [0.717, 1.165) is 0 Å². The molecule has 6 N–H and O–H groups in total. The largest absolute Gasteiger partial charge is 0.481 e. The fourth-order valence-electron chi connectivity index (χ4n) is 1.73. The first kappa shape index (κ1) is 19.8. The van der Waals surface area contributed by atoms with E-state index >= 15 is 0 Å². The maximum Gasteiger partial charge on any atom is 0.306 e. The van der Waals surface area contributed by atoms with E-state index in [0.29, 0.717) is 25.7 Å². The van der Waals surface area contributed by atoms with Crippen LogP contribution in [0.1, 0.15) is 25.7 Å². The summed E-state index contributed by atoms with van der Waals surface area (Å²) in [5, 5.41) is 16.6. The summed E-state index contributed by atoms with van der Waals surface area (Å²) in [4.78, 5) is 20.1. The molecule has 2 saturated carbocycles. The first-order valence-electron chi connectivity index (χ1n) is 5.37. The topological polar surface area (TPSA) is 127 Å². The molecule has 108 valence electrons. The van der Waals surface area contributed by atoms with Gasteiger partial charge in [-0.3, -0.25) is 9.59 Å². The second-order valence-corrected chi connectivity index (χ2v) is 4.53. The Morgan fingerprint density at radius 1 is 0.778 bits per heavy atom. The van der Waals surface area contributed by atoms with Crippen molar-refractivity contribution in [2.75, 3.05) is 0 Å². The Morgan fingerprint density at radius 3 is 1.06 bits per heavy atom. The van der Waals surface area contributed by atoms with Gasteiger partial charge in [-0.25, -0.2) is 0 Å². The van der Waals surface area contributed by atoms with Gasteiger partial charge in [0.1, 0.15) is 0 Å². The normalized spacial score (nSPS) is 32.1. The minimum atomic E-state index is -0.702. The quantitative estimate of drug-likeness (QED) is 0.587. The Labute approximate surface area is 118 Å². The Balaban J connectivity index is 0. The highest BCUT2D eigenvalue weighted by molar-refractivity contribution is 5.85. The Morgan fingerprint density at radius 2 is 1.00 bits per heavy atom. The van der Waals surface area contributed by atoms with E-state index in [-0.39, 0.29) is 48.7 Å². The lowest BCUT2D eigenvalue weighted by Crippen LogP contribution is -2.40. The van der Waals surface area contributed by atoms with Gasteiger partial charge in [0.2, 0.25) is 0 Å². The first-order valence-corrected chi connectivity index (χ1v) is 5.37. The van der Waals surface area contributed by atoms with Crippen molar-refractivity contribution in [2.45, 2.75) is 37.8 Å². The van der Waals surface area contributed by atoms with Gasteiger partial charge in [-0.05, 0) is 25.7 Å². The predicted octanol–water partition coefficient (Wildman–Crippen LogP) is 0.460. The molecule has 8 heteroatoms. The van der Waals surface area contributed by atoms with Crippen molar-refractivity contribution in [2.24, 2.45) is 23.3 Å². The van der Waals surface area contributed by atoms with Crippen LogP contribution in [0.3, 0.4) is 0 Å². The highest BCUT2D eigenvalue weighted by Gasteiger charge is 2.31. The Hall–Kier alpha value is -0.560. The van der Waals surface area contributed by atoms with Crippen molar-refractivity contribution in [3.63, 3.8) is 0 Å². The number of hydrogen-bond acceptors (Lipinski definition) is 4. The summed E-state index contributed by atoms with van der Waals surface area (Å²) < 4.78 is 0. The highest BCUT2D eigenvalue weighted by Crippen LogP contribution is 2.25. The molecule has 0 spiro atoms. The predicted molar refractivity (Wildman–Crippen MR) is 71.2 cm³/mol. The van der Waals surface area contributed by atoms with Gasteiger partial charge in [-0.2, -0.15) is 0 Å².